The first-order chi connectivity index (χ1) is 15.5. The number of hydrogen-bond donors (Lipinski definition) is 4. The van der Waals surface area contributed by atoms with Gasteiger partial charge in [-0.15, -0.1) is 0 Å². The van der Waals surface area contributed by atoms with E-state index in [1.807, 2.05) is 6.92 Å². The number of carbonyl (C=O) groups excluding carboxylic acids is 3. The van der Waals surface area contributed by atoms with Crippen LogP contribution in [-0.4, -0.2) is 30.3 Å². The second-order valence-corrected chi connectivity index (χ2v) is 8.16. The van der Waals surface area contributed by atoms with Gasteiger partial charge in [0.2, 0.25) is 11.8 Å². The third-order valence-corrected chi connectivity index (χ3v) is 5.47. The lowest BCUT2D eigenvalue weighted by atomic mass is 9.95. The van der Waals surface area contributed by atoms with E-state index in [2.05, 4.69) is 21.3 Å². The topological polar surface area (TPSA) is 99.3 Å². The standard InChI is InChI=1S/C25H32N4O3/c1-2-6-23(30)27-21-13-15-22(16-14-21)28-24(31)17-26-19-11-9-18(10-12-19)25(32)29-20-7-4-3-5-8-20/h9-16,20,26H,2-8,17H2,1H3,(H,27,30)(H,28,31)(H,29,32). The van der Waals surface area contributed by atoms with Gasteiger partial charge in [-0.25, -0.2) is 0 Å². The van der Waals surface area contributed by atoms with E-state index in [0.29, 0.717) is 23.4 Å². The molecule has 3 amide bonds. The highest BCUT2D eigenvalue weighted by Crippen LogP contribution is 2.18. The molecule has 32 heavy (non-hydrogen) atoms. The van der Waals surface area contributed by atoms with Crippen LogP contribution in [-0.2, 0) is 9.59 Å². The molecule has 0 unspecified atom stereocenters. The van der Waals surface area contributed by atoms with Gasteiger partial charge in [-0.2, -0.15) is 0 Å². The van der Waals surface area contributed by atoms with E-state index in [9.17, 15) is 14.4 Å². The van der Waals surface area contributed by atoms with Crippen molar-refractivity contribution in [3.05, 3.63) is 54.1 Å². The van der Waals surface area contributed by atoms with Crippen molar-refractivity contribution in [3.8, 4) is 0 Å². The number of nitrogens with one attached hydrogen (secondary N) is 4. The highest BCUT2D eigenvalue weighted by Gasteiger charge is 2.16. The summed E-state index contributed by atoms with van der Waals surface area (Å²) >= 11 is 0. The Morgan fingerprint density at radius 2 is 1.34 bits per heavy atom. The van der Waals surface area contributed by atoms with Crippen molar-refractivity contribution in [1.29, 1.82) is 0 Å². The van der Waals surface area contributed by atoms with Gasteiger partial charge in [-0.1, -0.05) is 26.2 Å². The number of benzene rings is 2. The van der Waals surface area contributed by atoms with Gasteiger partial charge in [0.15, 0.2) is 0 Å². The summed E-state index contributed by atoms with van der Waals surface area (Å²) in [5, 5.41) is 11.8. The molecule has 1 saturated carbocycles. The van der Waals surface area contributed by atoms with Gasteiger partial charge >= 0.3 is 0 Å². The SMILES string of the molecule is CCCC(=O)Nc1ccc(NC(=O)CNc2ccc(C(=O)NC3CCCCC3)cc2)cc1. The van der Waals surface area contributed by atoms with E-state index in [4.69, 9.17) is 0 Å². The molecule has 7 nitrogen and oxygen atoms in total. The van der Waals surface area contributed by atoms with Crippen molar-refractivity contribution in [1.82, 2.24) is 5.32 Å². The molecule has 3 rings (SSSR count). The van der Waals surface area contributed by atoms with Crippen molar-refractivity contribution in [3.63, 3.8) is 0 Å². The Bertz CT molecular complexity index is 904. The van der Waals surface area contributed by atoms with Crippen molar-refractivity contribution in [2.24, 2.45) is 0 Å². The summed E-state index contributed by atoms with van der Waals surface area (Å²) in [6.07, 6.45) is 6.99. The fraction of sp³-hybridized carbons (Fsp3) is 0.400. The number of amides is 3. The van der Waals surface area contributed by atoms with Crippen LogP contribution in [0, 0.1) is 0 Å². The third kappa shape index (κ3) is 7.41. The van der Waals surface area contributed by atoms with Crippen LogP contribution in [0.15, 0.2) is 48.5 Å². The molecule has 0 saturated heterocycles. The van der Waals surface area contributed by atoms with E-state index in [0.717, 1.165) is 24.9 Å². The maximum atomic E-state index is 12.4. The maximum Gasteiger partial charge on any atom is 0.251 e. The molecule has 0 radical (unpaired) electrons. The molecule has 1 aliphatic rings. The minimum atomic E-state index is -0.188. The van der Waals surface area contributed by atoms with Crippen molar-refractivity contribution >= 4 is 34.8 Å². The number of hydrogen-bond acceptors (Lipinski definition) is 4. The molecule has 0 aliphatic heterocycles. The molecule has 0 aromatic heterocycles. The molecule has 0 heterocycles. The van der Waals surface area contributed by atoms with E-state index in [1.165, 1.54) is 19.3 Å². The first kappa shape index (κ1) is 23.3. The summed E-state index contributed by atoms with van der Waals surface area (Å²) in [5.41, 5.74) is 2.74. The second kappa shape index (κ2) is 11.9. The molecular formula is C25H32N4O3. The zero-order valence-electron chi connectivity index (χ0n) is 18.6. The predicted molar refractivity (Wildman–Crippen MR) is 128 cm³/mol. The fourth-order valence-corrected chi connectivity index (χ4v) is 3.73. The molecule has 2 aromatic carbocycles. The zero-order chi connectivity index (χ0) is 22.8. The van der Waals surface area contributed by atoms with Crippen LogP contribution in [0.25, 0.3) is 0 Å². The Morgan fingerprint density at radius 3 is 1.94 bits per heavy atom. The minimum Gasteiger partial charge on any atom is -0.376 e. The number of anilines is 3. The predicted octanol–water partition coefficient (Wildman–Crippen LogP) is 4.54. The maximum absolute atomic E-state index is 12.4. The molecule has 170 valence electrons. The van der Waals surface area contributed by atoms with Crippen molar-refractivity contribution in [2.75, 3.05) is 22.5 Å². The van der Waals surface area contributed by atoms with Crippen LogP contribution < -0.4 is 21.3 Å². The summed E-state index contributed by atoms with van der Waals surface area (Å²) in [6.45, 7) is 2.05. The zero-order valence-corrected chi connectivity index (χ0v) is 18.6. The summed E-state index contributed by atoms with van der Waals surface area (Å²) in [7, 11) is 0. The minimum absolute atomic E-state index is 0.0222. The van der Waals surface area contributed by atoms with Crippen LogP contribution in [0.5, 0.6) is 0 Å². The lowest BCUT2D eigenvalue weighted by Gasteiger charge is -2.22. The Morgan fingerprint density at radius 1 is 0.781 bits per heavy atom. The highest BCUT2D eigenvalue weighted by atomic mass is 16.2. The summed E-state index contributed by atoms with van der Waals surface area (Å²) in [4.78, 5) is 36.2. The van der Waals surface area contributed by atoms with Crippen LogP contribution in [0.4, 0.5) is 17.1 Å². The molecule has 7 heteroatoms. The average Bonchev–Trinajstić information content (AvgIpc) is 2.80. The van der Waals surface area contributed by atoms with Crippen LogP contribution in [0.1, 0.15) is 62.2 Å². The Hall–Kier alpha value is -3.35. The monoisotopic (exact) mass is 436 g/mol. The van der Waals surface area contributed by atoms with Gasteiger partial charge in [-0.3, -0.25) is 14.4 Å². The van der Waals surface area contributed by atoms with E-state index in [1.54, 1.807) is 48.5 Å². The van der Waals surface area contributed by atoms with Gasteiger partial charge in [0, 0.05) is 35.1 Å². The van der Waals surface area contributed by atoms with Crippen molar-refractivity contribution in [2.45, 2.75) is 57.9 Å². The van der Waals surface area contributed by atoms with Crippen molar-refractivity contribution < 1.29 is 14.4 Å². The Balaban J connectivity index is 1.42. The average molecular weight is 437 g/mol. The number of carbonyl (C=O) groups is 3. The fourth-order valence-electron chi connectivity index (χ4n) is 3.73. The first-order valence-corrected chi connectivity index (χ1v) is 11.4. The summed E-state index contributed by atoms with van der Waals surface area (Å²) in [5.74, 6) is -0.256. The Kier molecular flexibility index (Phi) is 8.66. The smallest absolute Gasteiger partial charge is 0.251 e. The molecule has 2 aromatic rings. The lowest BCUT2D eigenvalue weighted by molar-refractivity contribution is -0.116. The van der Waals surface area contributed by atoms with E-state index >= 15 is 0 Å². The molecule has 0 bridgehead atoms. The lowest BCUT2D eigenvalue weighted by Crippen LogP contribution is -2.36. The van der Waals surface area contributed by atoms with Gasteiger partial charge in [0.05, 0.1) is 6.54 Å². The van der Waals surface area contributed by atoms with E-state index in [-0.39, 0.29) is 30.3 Å². The van der Waals surface area contributed by atoms with Gasteiger partial charge in [0.25, 0.3) is 5.91 Å². The second-order valence-electron chi connectivity index (χ2n) is 8.16. The molecule has 1 aliphatic carbocycles. The molecule has 0 atom stereocenters. The Labute approximate surface area is 189 Å². The van der Waals surface area contributed by atoms with Gasteiger partial charge in [-0.05, 0) is 67.8 Å². The van der Waals surface area contributed by atoms with Gasteiger partial charge < -0.3 is 21.3 Å². The number of rotatable bonds is 9. The highest BCUT2D eigenvalue weighted by molar-refractivity contribution is 5.96. The van der Waals surface area contributed by atoms with Gasteiger partial charge in [0.1, 0.15) is 0 Å². The van der Waals surface area contributed by atoms with Crippen LogP contribution in [0.2, 0.25) is 0 Å². The molecular weight excluding hydrogens is 404 g/mol. The first-order valence-electron chi connectivity index (χ1n) is 11.4. The molecule has 1 fully saturated rings. The van der Waals surface area contributed by atoms with Crippen LogP contribution in [0.3, 0.4) is 0 Å². The largest absolute Gasteiger partial charge is 0.376 e. The third-order valence-electron chi connectivity index (χ3n) is 5.47. The normalized spacial score (nSPS) is 13.8. The van der Waals surface area contributed by atoms with Crippen LogP contribution >= 0.6 is 0 Å². The molecule has 4 N–H and O–H groups in total. The quantitative estimate of drug-likeness (QED) is 0.464. The molecule has 0 spiro atoms. The summed E-state index contributed by atoms with van der Waals surface area (Å²) in [6, 6.07) is 14.4. The summed E-state index contributed by atoms with van der Waals surface area (Å²) < 4.78 is 0. The van der Waals surface area contributed by atoms with E-state index < -0.39 is 0 Å².